The maximum absolute atomic E-state index is 11.9. The van der Waals surface area contributed by atoms with Gasteiger partial charge < -0.3 is 14.8 Å². The molecule has 1 amide bonds. The van der Waals surface area contributed by atoms with Gasteiger partial charge in [0.15, 0.2) is 0 Å². The third-order valence-electron chi connectivity index (χ3n) is 4.79. The van der Waals surface area contributed by atoms with Crippen LogP contribution in [0.25, 0.3) is 0 Å². The fourth-order valence-electron chi connectivity index (χ4n) is 2.82. The van der Waals surface area contributed by atoms with Gasteiger partial charge in [-0.15, -0.1) is 0 Å². The van der Waals surface area contributed by atoms with Gasteiger partial charge in [0.25, 0.3) is 0 Å². The van der Waals surface area contributed by atoms with Crippen LogP contribution >= 0.6 is 35.3 Å². The molecule has 10 heteroatoms. The summed E-state index contributed by atoms with van der Waals surface area (Å²) < 4.78 is 9.92. The number of nitrogens with one attached hydrogen (secondary N) is 1. The average Bonchev–Trinajstić information content (AvgIpc) is 2.73. The Balaban J connectivity index is 1.94. The maximum Gasteiger partial charge on any atom is 0.306 e. The van der Waals surface area contributed by atoms with E-state index < -0.39 is 11.9 Å². The second kappa shape index (κ2) is 17.7. The molecular weight excluding hydrogens is 458 g/mol. The van der Waals surface area contributed by atoms with E-state index in [-0.39, 0.29) is 50.6 Å². The van der Waals surface area contributed by atoms with Gasteiger partial charge >= 0.3 is 11.9 Å². The predicted octanol–water partition coefficient (Wildman–Crippen LogP) is 3.09. The highest BCUT2D eigenvalue weighted by atomic mass is 32.2. The van der Waals surface area contributed by atoms with Crippen molar-refractivity contribution in [3.8, 4) is 0 Å². The molecule has 1 fully saturated rings. The van der Waals surface area contributed by atoms with Crippen LogP contribution in [0.5, 0.6) is 0 Å². The molecule has 1 rings (SSSR count). The van der Waals surface area contributed by atoms with E-state index in [1.165, 1.54) is 12.8 Å². The number of ether oxygens (including phenoxy) is 2. The van der Waals surface area contributed by atoms with Gasteiger partial charge in [0.1, 0.15) is 19.0 Å². The number of hydrogen-bond donors (Lipinski definition) is 1. The van der Waals surface area contributed by atoms with Gasteiger partial charge in [-0.25, -0.2) is 0 Å². The Bertz CT molecular complexity index is 573. The van der Waals surface area contributed by atoms with E-state index in [4.69, 9.17) is 9.47 Å². The van der Waals surface area contributed by atoms with Gasteiger partial charge in [-0.1, -0.05) is 0 Å². The number of carbonyl (C=O) groups excluding carboxylic acids is 4. The molecule has 0 aromatic carbocycles. The molecule has 0 saturated heterocycles. The van der Waals surface area contributed by atoms with Crippen LogP contribution in [0.3, 0.4) is 0 Å². The molecule has 0 radical (unpaired) electrons. The predicted molar refractivity (Wildman–Crippen MR) is 129 cm³/mol. The number of hydrogen-bond acceptors (Lipinski definition) is 9. The fourth-order valence-corrected chi connectivity index (χ4v) is 5.78. The first-order chi connectivity index (χ1) is 15.0. The zero-order valence-electron chi connectivity index (χ0n) is 18.5. The molecular formula is C21H35NO6S3. The summed E-state index contributed by atoms with van der Waals surface area (Å²) in [5, 5.41) is 4.21. The van der Waals surface area contributed by atoms with Gasteiger partial charge in [0.2, 0.25) is 5.91 Å². The molecule has 1 aliphatic carbocycles. The van der Waals surface area contributed by atoms with Crippen LogP contribution < -0.4 is 5.32 Å². The van der Waals surface area contributed by atoms with Crippen molar-refractivity contribution in [1.82, 2.24) is 5.32 Å². The lowest BCUT2D eigenvalue weighted by Crippen LogP contribution is -2.31. The summed E-state index contributed by atoms with van der Waals surface area (Å²) in [6.45, 7) is 0.473. The van der Waals surface area contributed by atoms with Crippen LogP contribution in [-0.4, -0.2) is 77.9 Å². The molecule has 0 bridgehead atoms. The molecule has 178 valence electrons. The van der Waals surface area contributed by atoms with E-state index in [2.05, 4.69) is 11.6 Å². The van der Waals surface area contributed by atoms with Crippen LogP contribution in [0.1, 0.15) is 51.4 Å². The molecule has 7 nitrogen and oxygen atoms in total. The second-order valence-electron chi connectivity index (χ2n) is 7.19. The zero-order valence-corrected chi connectivity index (χ0v) is 21.0. The number of ketones is 1. The molecule has 0 spiro atoms. The normalized spacial score (nSPS) is 17.5. The third kappa shape index (κ3) is 14.0. The zero-order chi connectivity index (χ0) is 22.9. The molecule has 0 heterocycles. The van der Waals surface area contributed by atoms with Crippen molar-refractivity contribution in [2.45, 2.75) is 61.9 Å². The van der Waals surface area contributed by atoms with Gasteiger partial charge in [0, 0.05) is 42.1 Å². The van der Waals surface area contributed by atoms with Gasteiger partial charge in [-0.05, 0) is 37.5 Å². The first-order valence-electron chi connectivity index (χ1n) is 10.7. The lowest BCUT2D eigenvalue weighted by atomic mass is 9.99. The molecule has 0 aromatic rings. The van der Waals surface area contributed by atoms with Gasteiger partial charge in [-0.3, -0.25) is 19.2 Å². The quantitative estimate of drug-likeness (QED) is 0.228. The molecule has 0 aliphatic heterocycles. The van der Waals surface area contributed by atoms with E-state index in [1.54, 1.807) is 11.8 Å². The first kappa shape index (κ1) is 28.2. The smallest absolute Gasteiger partial charge is 0.306 e. The minimum absolute atomic E-state index is 0.00940. The van der Waals surface area contributed by atoms with Crippen LogP contribution in [0.2, 0.25) is 0 Å². The standard InChI is InChI=1S/C21H35NO6S3/c1-29-15-11-22-19(24)8-10-21(26)28-13-12-27-20(25)9-5-16(23)4-3-14-31-18-7-6-17(18)30-2/h17-18H,3-15H2,1-2H3,(H,22,24). The highest BCUT2D eigenvalue weighted by Crippen LogP contribution is 2.39. The van der Waals surface area contributed by atoms with E-state index in [0.29, 0.717) is 13.0 Å². The minimum Gasteiger partial charge on any atom is -0.462 e. The number of esters is 2. The molecule has 2 unspecified atom stereocenters. The van der Waals surface area contributed by atoms with Gasteiger partial charge in [-0.2, -0.15) is 35.3 Å². The highest BCUT2D eigenvalue weighted by Gasteiger charge is 2.29. The van der Waals surface area contributed by atoms with Crippen LogP contribution in [0, 0.1) is 0 Å². The summed E-state index contributed by atoms with van der Waals surface area (Å²) >= 11 is 5.52. The number of thioether (sulfide) groups is 3. The molecule has 1 aliphatic rings. The van der Waals surface area contributed by atoms with Crippen molar-refractivity contribution >= 4 is 58.9 Å². The Morgan fingerprint density at radius 3 is 2.06 bits per heavy atom. The Labute approximate surface area is 198 Å². The number of rotatable bonds is 18. The molecule has 2 atom stereocenters. The summed E-state index contributed by atoms with van der Waals surface area (Å²) in [5.74, 6) is 0.732. The van der Waals surface area contributed by atoms with E-state index in [1.807, 2.05) is 29.8 Å². The number of carbonyl (C=O) groups is 4. The molecule has 1 saturated carbocycles. The number of amides is 1. The SMILES string of the molecule is CSCCNC(=O)CCC(=O)OCCOC(=O)CCC(=O)CCCSC1CCC1SC. The second-order valence-corrected chi connectivity index (χ2v) is 10.6. The van der Waals surface area contributed by atoms with Crippen molar-refractivity contribution in [3.63, 3.8) is 0 Å². The molecule has 1 N–H and O–H groups in total. The summed E-state index contributed by atoms with van der Waals surface area (Å²) in [6.07, 6.45) is 8.33. The number of Topliss-reactive ketones (excluding diaryl/α,β-unsaturated/α-hetero) is 1. The van der Waals surface area contributed by atoms with Crippen molar-refractivity contribution in [2.24, 2.45) is 0 Å². The van der Waals surface area contributed by atoms with Crippen molar-refractivity contribution in [1.29, 1.82) is 0 Å². The first-order valence-corrected chi connectivity index (χ1v) is 14.4. The van der Waals surface area contributed by atoms with Crippen molar-refractivity contribution in [2.75, 3.05) is 43.8 Å². The Morgan fingerprint density at radius 1 is 0.839 bits per heavy atom. The van der Waals surface area contributed by atoms with Crippen LogP contribution in [0.4, 0.5) is 0 Å². The topological polar surface area (TPSA) is 98.8 Å². The summed E-state index contributed by atoms with van der Waals surface area (Å²) in [5.41, 5.74) is 0. The highest BCUT2D eigenvalue weighted by molar-refractivity contribution is 8.03. The summed E-state index contributed by atoms with van der Waals surface area (Å²) in [6, 6.07) is 0. The monoisotopic (exact) mass is 493 g/mol. The molecule has 31 heavy (non-hydrogen) atoms. The summed E-state index contributed by atoms with van der Waals surface area (Å²) in [4.78, 5) is 46.7. The van der Waals surface area contributed by atoms with E-state index in [9.17, 15) is 19.2 Å². The average molecular weight is 494 g/mol. The fraction of sp³-hybridized carbons (Fsp3) is 0.810. The van der Waals surface area contributed by atoms with E-state index >= 15 is 0 Å². The van der Waals surface area contributed by atoms with Crippen LogP contribution in [0.15, 0.2) is 0 Å². The molecule has 0 aromatic heterocycles. The van der Waals surface area contributed by atoms with E-state index in [0.717, 1.165) is 28.4 Å². The third-order valence-corrected chi connectivity index (χ3v) is 8.26. The summed E-state index contributed by atoms with van der Waals surface area (Å²) in [7, 11) is 0. The largest absolute Gasteiger partial charge is 0.462 e. The lowest BCUT2D eigenvalue weighted by Gasteiger charge is -2.34. The maximum atomic E-state index is 11.9. The minimum atomic E-state index is -0.505. The van der Waals surface area contributed by atoms with Crippen LogP contribution in [-0.2, 0) is 28.7 Å². The van der Waals surface area contributed by atoms with Gasteiger partial charge in [0.05, 0.1) is 12.8 Å². The Kier molecular flexibility index (Phi) is 16.0. The van der Waals surface area contributed by atoms with Crippen molar-refractivity contribution in [3.05, 3.63) is 0 Å². The lowest BCUT2D eigenvalue weighted by molar-refractivity contribution is -0.152. The Hall–Kier alpha value is -0.870. The van der Waals surface area contributed by atoms with Crippen molar-refractivity contribution < 1.29 is 28.7 Å². The Morgan fingerprint density at radius 2 is 1.48 bits per heavy atom.